The Hall–Kier alpha value is -2.35. The van der Waals surface area contributed by atoms with Gasteiger partial charge in [0, 0.05) is 6.92 Å². The summed E-state index contributed by atoms with van der Waals surface area (Å²) in [5.74, 6) is -0.504. The van der Waals surface area contributed by atoms with Gasteiger partial charge in [-0.1, -0.05) is 30.0 Å². The molecular weight excluding hydrogens is 290 g/mol. The highest BCUT2D eigenvalue weighted by Crippen LogP contribution is 2.21. The van der Waals surface area contributed by atoms with Gasteiger partial charge in [-0.3, -0.25) is 25.0 Å². The zero-order chi connectivity index (χ0) is 15.2. The molecule has 1 aromatic heterocycles. The predicted molar refractivity (Wildman–Crippen MR) is 78.8 cm³/mol. The van der Waals surface area contributed by atoms with Gasteiger partial charge in [0.25, 0.3) is 0 Å². The number of hydrogen-bond acceptors (Lipinski definition) is 5. The molecule has 0 aliphatic heterocycles. The summed E-state index contributed by atoms with van der Waals surface area (Å²) in [7, 11) is 0. The largest absolute Gasteiger partial charge is 0.276 e. The van der Waals surface area contributed by atoms with Crippen LogP contribution < -0.4 is 10.9 Å². The van der Waals surface area contributed by atoms with Crippen molar-refractivity contribution in [3.05, 3.63) is 36.2 Å². The second kappa shape index (κ2) is 6.89. The first-order chi connectivity index (χ1) is 10.1. The monoisotopic (exact) mass is 305 g/mol. The topological polar surface area (TPSA) is 88.9 Å². The van der Waals surface area contributed by atoms with Crippen molar-refractivity contribution in [1.29, 1.82) is 0 Å². The number of hydrogen-bond donors (Lipinski definition) is 2. The fourth-order valence-electron chi connectivity index (χ4n) is 1.65. The van der Waals surface area contributed by atoms with Gasteiger partial charge >= 0.3 is 0 Å². The number of hydrazine groups is 1. The van der Waals surface area contributed by atoms with E-state index in [1.54, 1.807) is 6.33 Å². The van der Waals surface area contributed by atoms with Crippen molar-refractivity contribution in [2.45, 2.75) is 19.0 Å². The number of amides is 2. The summed E-state index contributed by atoms with van der Waals surface area (Å²) in [4.78, 5) is 22.3. The van der Waals surface area contributed by atoms with Crippen LogP contribution in [0.15, 0.2) is 35.7 Å². The van der Waals surface area contributed by atoms with Gasteiger partial charge in [0.05, 0.1) is 11.4 Å². The maximum absolute atomic E-state index is 11.6. The number of rotatable bonds is 4. The molecule has 2 aromatic rings. The van der Waals surface area contributed by atoms with Crippen molar-refractivity contribution in [3.63, 3.8) is 0 Å². The van der Waals surface area contributed by atoms with E-state index in [1.165, 1.54) is 18.7 Å². The van der Waals surface area contributed by atoms with E-state index in [1.807, 2.05) is 35.8 Å². The van der Waals surface area contributed by atoms with Gasteiger partial charge in [-0.15, -0.1) is 10.2 Å². The minimum atomic E-state index is -0.323. The Kier molecular flexibility index (Phi) is 4.94. The van der Waals surface area contributed by atoms with Gasteiger partial charge in [-0.25, -0.2) is 0 Å². The van der Waals surface area contributed by atoms with Crippen LogP contribution >= 0.6 is 11.8 Å². The number of para-hydroxylation sites is 1. The zero-order valence-corrected chi connectivity index (χ0v) is 12.5. The van der Waals surface area contributed by atoms with Crippen molar-refractivity contribution >= 4 is 23.6 Å². The summed E-state index contributed by atoms with van der Waals surface area (Å²) in [6, 6.07) is 7.84. The number of nitrogens with zero attached hydrogens (tertiary/aromatic N) is 3. The molecule has 2 N–H and O–H groups in total. The van der Waals surface area contributed by atoms with Crippen LogP contribution in [0.3, 0.4) is 0 Å². The lowest BCUT2D eigenvalue weighted by Gasteiger charge is -2.09. The zero-order valence-electron chi connectivity index (χ0n) is 11.7. The summed E-state index contributed by atoms with van der Waals surface area (Å²) in [5, 5.41) is 8.51. The summed E-state index contributed by atoms with van der Waals surface area (Å²) < 4.78 is 1.83. The molecule has 0 atom stereocenters. The molecule has 0 radical (unpaired) electrons. The first-order valence-corrected chi connectivity index (χ1v) is 7.20. The Labute approximate surface area is 126 Å². The number of thioether (sulfide) groups is 1. The first-order valence-electron chi connectivity index (χ1n) is 6.22. The standard InChI is InChI=1S/C13H15N5O2S/c1-9-5-3-4-6-11(9)18-8-14-17-13(18)21-7-12(20)16-15-10(2)19/h3-6,8H,7H2,1-2H3,(H,15,19)(H,16,20). The van der Waals surface area contributed by atoms with E-state index in [0.29, 0.717) is 5.16 Å². The van der Waals surface area contributed by atoms with Crippen LogP contribution in [0.1, 0.15) is 12.5 Å². The molecule has 2 rings (SSSR count). The highest BCUT2D eigenvalue weighted by molar-refractivity contribution is 7.99. The molecule has 8 heteroatoms. The number of benzene rings is 1. The molecule has 0 saturated heterocycles. The molecule has 0 fully saturated rings. The average Bonchev–Trinajstić information content (AvgIpc) is 2.91. The van der Waals surface area contributed by atoms with E-state index in [0.717, 1.165) is 11.3 Å². The number of aryl methyl sites for hydroxylation is 1. The minimum absolute atomic E-state index is 0.130. The maximum atomic E-state index is 11.6. The Morgan fingerprint density at radius 2 is 2.05 bits per heavy atom. The molecule has 0 unspecified atom stereocenters. The summed E-state index contributed by atoms with van der Waals surface area (Å²) in [6.45, 7) is 3.31. The Morgan fingerprint density at radius 1 is 1.29 bits per heavy atom. The van der Waals surface area contributed by atoms with Crippen molar-refractivity contribution in [3.8, 4) is 5.69 Å². The smallest absolute Gasteiger partial charge is 0.248 e. The lowest BCUT2D eigenvalue weighted by molar-refractivity contribution is -0.126. The normalized spacial score (nSPS) is 10.2. The van der Waals surface area contributed by atoms with Crippen molar-refractivity contribution in [2.24, 2.45) is 0 Å². The van der Waals surface area contributed by atoms with Crippen LogP contribution in [0.25, 0.3) is 5.69 Å². The number of aromatic nitrogens is 3. The van der Waals surface area contributed by atoms with E-state index in [-0.39, 0.29) is 17.6 Å². The molecule has 110 valence electrons. The van der Waals surface area contributed by atoms with E-state index < -0.39 is 0 Å². The molecule has 0 aliphatic carbocycles. The summed E-state index contributed by atoms with van der Waals surface area (Å²) in [5.41, 5.74) is 6.58. The van der Waals surface area contributed by atoms with Crippen molar-refractivity contribution < 1.29 is 9.59 Å². The molecule has 0 spiro atoms. The van der Waals surface area contributed by atoms with Crippen LogP contribution in [0.5, 0.6) is 0 Å². The van der Waals surface area contributed by atoms with Gasteiger partial charge in [0.1, 0.15) is 6.33 Å². The van der Waals surface area contributed by atoms with Crippen LogP contribution in [0.4, 0.5) is 0 Å². The second-order valence-corrected chi connectivity index (χ2v) is 5.23. The van der Waals surface area contributed by atoms with Gasteiger partial charge in [-0.05, 0) is 18.6 Å². The Morgan fingerprint density at radius 3 is 2.76 bits per heavy atom. The summed E-state index contributed by atoms with van der Waals surface area (Å²) in [6.07, 6.45) is 1.61. The van der Waals surface area contributed by atoms with E-state index in [9.17, 15) is 9.59 Å². The number of carbonyl (C=O) groups is 2. The van der Waals surface area contributed by atoms with Crippen LogP contribution in [-0.4, -0.2) is 32.3 Å². The lowest BCUT2D eigenvalue weighted by atomic mass is 10.2. The molecule has 1 aromatic carbocycles. The summed E-state index contributed by atoms with van der Waals surface area (Å²) >= 11 is 1.24. The quantitative estimate of drug-likeness (QED) is 0.645. The third-order valence-corrected chi connectivity index (χ3v) is 3.54. The molecule has 21 heavy (non-hydrogen) atoms. The maximum Gasteiger partial charge on any atom is 0.248 e. The average molecular weight is 305 g/mol. The Bertz CT molecular complexity index is 656. The molecule has 0 bridgehead atoms. The fourth-order valence-corrected chi connectivity index (χ4v) is 2.37. The van der Waals surface area contributed by atoms with Gasteiger partial charge in [0.15, 0.2) is 5.16 Å². The number of nitrogens with one attached hydrogen (secondary N) is 2. The third-order valence-electron chi connectivity index (χ3n) is 2.60. The van der Waals surface area contributed by atoms with E-state index >= 15 is 0 Å². The Balaban J connectivity index is 2.03. The van der Waals surface area contributed by atoms with Crippen LogP contribution in [0.2, 0.25) is 0 Å². The third kappa shape index (κ3) is 4.06. The van der Waals surface area contributed by atoms with Crippen LogP contribution in [0, 0.1) is 6.92 Å². The van der Waals surface area contributed by atoms with Gasteiger partial charge in [0.2, 0.25) is 11.8 Å². The highest BCUT2D eigenvalue weighted by atomic mass is 32.2. The number of carbonyl (C=O) groups excluding carboxylic acids is 2. The molecule has 1 heterocycles. The fraction of sp³-hybridized carbons (Fsp3) is 0.231. The van der Waals surface area contributed by atoms with Gasteiger partial charge in [-0.2, -0.15) is 0 Å². The molecule has 0 saturated carbocycles. The van der Waals surface area contributed by atoms with Crippen molar-refractivity contribution in [1.82, 2.24) is 25.6 Å². The highest BCUT2D eigenvalue weighted by Gasteiger charge is 2.11. The lowest BCUT2D eigenvalue weighted by Crippen LogP contribution is -2.41. The molecule has 0 aliphatic rings. The van der Waals surface area contributed by atoms with E-state index in [4.69, 9.17) is 0 Å². The second-order valence-electron chi connectivity index (χ2n) is 4.29. The van der Waals surface area contributed by atoms with E-state index in [2.05, 4.69) is 21.0 Å². The molecule has 7 nitrogen and oxygen atoms in total. The molecular formula is C13H15N5O2S. The van der Waals surface area contributed by atoms with Gasteiger partial charge < -0.3 is 0 Å². The van der Waals surface area contributed by atoms with Crippen molar-refractivity contribution in [2.75, 3.05) is 5.75 Å². The minimum Gasteiger partial charge on any atom is -0.276 e. The first kappa shape index (κ1) is 15.0. The predicted octanol–water partition coefficient (Wildman–Crippen LogP) is 0.835. The van der Waals surface area contributed by atoms with Crippen LogP contribution in [-0.2, 0) is 9.59 Å². The SMILES string of the molecule is CC(=O)NNC(=O)CSc1nncn1-c1ccccc1C. The molecule has 2 amide bonds.